The van der Waals surface area contributed by atoms with Crippen molar-refractivity contribution in [3.63, 3.8) is 0 Å². The number of aromatic amines is 1. The Hall–Kier alpha value is -2.92. The molecule has 35 heavy (non-hydrogen) atoms. The van der Waals surface area contributed by atoms with Gasteiger partial charge in [0.2, 0.25) is 0 Å². The van der Waals surface area contributed by atoms with Gasteiger partial charge in [0.1, 0.15) is 11.6 Å². The number of hydrogen-bond acceptors (Lipinski definition) is 4. The van der Waals surface area contributed by atoms with Gasteiger partial charge in [0.25, 0.3) is 0 Å². The van der Waals surface area contributed by atoms with E-state index in [0.29, 0.717) is 32.9 Å². The molecule has 1 aliphatic heterocycles. The van der Waals surface area contributed by atoms with E-state index in [1.165, 1.54) is 24.3 Å². The molecule has 5 rings (SSSR count). The second-order valence-corrected chi connectivity index (χ2v) is 11.0. The van der Waals surface area contributed by atoms with Crippen LogP contribution in [0.25, 0.3) is 0 Å². The molecule has 6 nitrogen and oxygen atoms in total. The first-order valence-electron chi connectivity index (χ1n) is 11.2. The summed E-state index contributed by atoms with van der Waals surface area (Å²) in [6, 6.07) is 10.2. The number of aromatic nitrogens is 2. The zero-order valence-electron chi connectivity index (χ0n) is 18.9. The zero-order chi connectivity index (χ0) is 25.0. The van der Waals surface area contributed by atoms with Crippen LogP contribution >= 0.6 is 0 Å². The van der Waals surface area contributed by atoms with E-state index in [-0.39, 0.29) is 6.54 Å². The first kappa shape index (κ1) is 23.8. The van der Waals surface area contributed by atoms with Gasteiger partial charge in [-0.05, 0) is 60.6 Å². The van der Waals surface area contributed by atoms with Crippen molar-refractivity contribution in [2.45, 2.75) is 50.3 Å². The second kappa shape index (κ2) is 8.63. The number of sulfonamides is 1. The molecule has 2 heterocycles. The van der Waals surface area contributed by atoms with Crippen molar-refractivity contribution in [1.29, 1.82) is 0 Å². The predicted molar refractivity (Wildman–Crippen MR) is 122 cm³/mol. The first-order chi connectivity index (χ1) is 16.5. The van der Waals surface area contributed by atoms with Gasteiger partial charge in [-0.25, -0.2) is 17.8 Å². The van der Waals surface area contributed by atoms with Gasteiger partial charge in [-0.15, -0.1) is 0 Å². The number of H-pyrrole nitrogens is 1. The van der Waals surface area contributed by atoms with E-state index in [0.717, 1.165) is 24.1 Å². The van der Waals surface area contributed by atoms with Crippen LogP contribution in [0.5, 0.6) is 0 Å². The Morgan fingerprint density at radius 3 is 2.37 bits per heavy atom. The van der Waals surface area contributed by atoms with Crippen molar-refractivity contribution in [2.75, 3.05) is 11.4 Å². The summed E-state index contributed by atoms with van der Waals surface area (Å²) in [5, 5.41) is 0. The van der Waals surface area contributed by atoms with Gasteiger partial charge in [-0.2, -0.15) is 17.5 Å². The summed E-state index contributed by atoms with van der Waals surface area (Å²) in [5.41, 5.74) is -2.09. The largest absolute Gasteiger partial charge is 0.511 e. The maximum Gasteiger partial charge on any atom is 0.511 e. The Morgan fingerprint density at radius 2 is 1.77 bits per heavy atom. The van der Waals surface area contributed by atoms with Gasteiger partial charge < -0.3 is 9.88 Å². The number of fused-ring (bicyclic) bond motifs is 1. The van der Waals surface area contributed by atoms with Gasteiger partial charge in [0, 0.05) is 18.8 Å². The number of imidazole rings is 1. The van der Waals surface area contributed by atoms with Crippen LogP contribution in [0, 0.1) is 12.7 Å². The molecule has 0 bridgehead atoms. The average molecular weight is 509 g/mol. The van der Waals surface area contributed by atoms with E-state index in [9.17, 15) is 26.0 Å². The molecule has 1 atom stereocenters. The molecule has 0 amide bonds. The minimum absolute atomic E-state index is 0.249. The fourth-order valence-electron chi connectivity index (χ4n) is 4.63. The van der Waals surface area contributed by atoms with E-state index in [1.807, 2.05) is 23.1 Å². The van der Waals surface area contributed by atoms with Gasteiger partial charge >= 0.3 is 15.5 Å². The average Bonchev–Trinajstić information content (AvgIpc) is 3.58. The molecule has 1 unspecified atom stereocenters. The molecule has 186 valence electrons. The maximum absolute atomic E-state index is 13.7. The van der Waals surface area contributed by atoms with Crippen molar-refractivity contribution in [3.05, 3.63) is 82.7 Å². The summed E-state index contributed by atoms with van der Waals surface area (Å²) in [5.74, 6) is 0.527. The molecule has 11 heteroatoms. The third-order valence-corrected chi connectivity index (χ3v) is 8.09. The van der Waals surface area contributed by atoms with Crippen LogP contribution in [-0.2, 0) is 23.1 Å². The van der Waals surface area contributed by atoms with Crippen molar-refractivity contribution in [3.8, 4) is 0 Å². The molecule has 1 N–H and O–H groups in total. The highest BCUT2D eigenvalue weighted by Gasteiger charge is 2.51. The highest BCUT2D eigenvalue weighted by atomic mass is 32.2. The van der Waals surface area contributed by atoms with E-state index in [4.69, 9.17) is 0 Å². The standard InChI is InChI=1S/C24H24F4N4O2S/c1-15-29-11-21(30-15)13-32-22-9-6-18(16-2-3-16)10-19(22)12-31(35(33,34)24(26,27)28)14-23(32)17-4-7-20(25)8-5-17/h4-11,16,23H,2-3,12-14H2,1H3,(H,29,30). The fourth-order valence-corrected chi connectivity index (χ4v) is 5.57. The minimum Gasteiger partial charge on any atom is -0.357 e. The number of nitrogens with zero attached hydrogens (tertiary/aromatic N) is 3. The first-order valence-corrected chi connectivity index (χ1v) is 12.7. The maximum atomic E-state index is 13.7. The minimum atomic E-state index is -5.61. The second-order valence-electron chi connectivity index (χ2n) is 9.09. The van der Waals surface area contributed by atoms with Crippen LogP contribution in [0.2, 0.25) is 0 Å². The van der Waals surface area contributed by atoms with Crippen LogP contribution < -0.4 is 4.90 Å². The molecule has 0 saturated heterocycles. The lowest BCUT2D eigenvalue weighted by Crippen LogP contribution is -2.43. The van der Waals surface area contributed by atoms with E-state index in [2.05, 4.69) is 9.97 Å². The molecular formula is C24H24F4N4O2S. The van der Waals surface area contributed by atoms with Crippen molar-refractivity contribution in [2.24, 2.45) is 0 Å². The molecule has 1 aromatic heterocycles. The zero-order valence-corrected chi connectivity index (χ0v) is 19.7. The highest BCUT2D eigenvalue weighted by molar-refractivity contribution is 7.89. The van der Waals surface area contributed by atoms with E-state index >= 15 is 0 Å². The number of alkyl halides is 3. The molecule has 3 aromatic rings. The summed E-state index contributed by atoms with van der Waals surface area (Å²) < 4.78 is 80.4. The number of anilines is 1. The normalized spacial score (nSPS) is 19.5. The summed E-state index contributed by atoms with van der Waals surface area (Å²) in [6.45, 7) is 1.18. The lowest BCUT2D eigenvalue weighted by molar-refractivity contribution is -0.0492. The summed E-state index contributed by atoms with van der Waals surface area (Å²) in [4.78, 5) is 9.23. The van der Waals surface area contributed by atoms with Crippen molar-refractivity contribution < 1.29 is 26.0 Å². The topological polar surface area (TPSA) is 69.3 Å². The number of rotatable bonds is 5. The Balaban J connectivity index is 1.67. The quantitative estimate of drug-likeness (QED) is 0.484. The lowest BCUT2D eigenvalue weighted by atomic mass is 10.0. The third kappa shape index (κ3) is 4.66. The Labute approximate surface area is 200 Å². The Kier molecular flexibility index (Phi) is 5.87. The molecule has 2 aliphatic rings. The molecular weight excluding hydrogens is 484 g/mol. The highest BCUT2D eigenvalue weighted by Crippen LogP contribution is 2.44. The van der Waals surface area contributed by atoms with Gasteiger partial charge in [0.05, 0.1) is 24.5 Å². The summed E-state index contributed by atoms with van der Waals surface area (Å²) >= 11 is 0. The Bertz CT molecular complexity index is 1330. The molecule has 2 aromatic carbocycles. The van der Waals surface area contributed by atoms with Gasteiger partial charge in [-0.1, -0.05) is 24.3 Å². The molecule has 0 spiro atoms. The number of hydrogen-bond donors (Lipinski definition) is 1. The Morgan fingerprint density at radius 1 is 1.09 bits per heavy atom. The van der Waals surface area contributed by atoms with Gasteiger partial charge in [-0.3, -0.25) is 0 Å². The smallest absolute Gasteiger partial charge is 0.357 e. The van der Waals surface area contributed by atoms with Crippen LogP contribution in [0.15, 0.2) is 48.7 Å². The van der Waals surface area contributed by atoms with E-state index < -0.39 is 40.5 Å². The van der Waals surface area contributed by atoms with Crippen LogP contribution in [0.3, 0.4) is 0 Å². The molecule has 0 radical (unpaired) electrons. The predicted octanol–water partition coefficient (Wildman–Crippen LogP) is 5.15. The van der Waals surface area contributed by atoms with Crippen molar-refractivity contribution in [1.82, 2.24) is 14.3 Å². The van der Waals surface area contributed by atoms with Crippen molar-refractivity contribution >= 4 is 15.7 Å². The summed E-state index contributed by atoms with van der Waals surface area (Å²) in [7, 11) is -5.61. The lowest BCUT2D eigenvalue weighted by Gasteiger charge is -2.34. The van der Waals surface area contributed by atoms with Gasteiger partial charge in [0.15, 0.2) is 0 Å². The molecule has 1 fully saturated rings. The number of nitrogens with one attached hydrogen (secondary N) is 1. The summed E-state index contributed by atoms with van der Waals surface area (Å²) in [6.07, 6.45) is 3.64. The molecule has 1 saturated carbocycles. The number of aryl methyl sites for hydroxylation is 1. The monoisotopic (exact) mass is 508 g/mol. The van der Waals surface area contributed by atoms with Crippen LogP contribution in [-0.4, -0.2) is 34.7 Å². The SMILES string of the molecule is Cc1ncc(CN2c3ccc(C4CC4)cc3CN(S(=O)(=O)C(F)(F)F)CC2c2ccc(F)cc2)[nH]1. The van der Waals surface area contributed by atoms with Crippen LogP contribution in [0.1, 0.15) is 53.0 Å². The number of halogens is 4. The third-order valence-electron chi connectivity index (χ3n) is 6.54. The number of benzene rings is 2. The van der Waals surface area contributed by atoms with Crippen LogP contribution in [0.4, 0.5) is 23.2 Å². The molecule has 1 aliphatic carbocycles. The van der Waals surface area contributed by atoms with E-state index in [1.54, 1.807) is 13.1 Å². The fraction of sp³-hybridized carbons (Fsp3) is 0.375.